The van der Waals surface area contributed by atoms with Crippen LogP contribution in [0, 0.1) is 6.07 Å². The van der Waals surface area contributed by atoms with Gasteiger partial charge in [-0.15, -0.1) is 0 Å². The lowest BCUT2D eigenvalue weighted by Crippen LogP contribution is -2.22. The maximum absolute atomic E-state index is 11.9. The summed E-state index contributed by atoms with van der Waals surface area (Å²) in [5.41, 5.74) is 4.74. The van der Waals surface area contributed by atoms with Gasteiger partial charge in [0.2, 0.25) is 0 Å². The SMILES string of the molecule is Nc1cc[c]c(C(=O)C(F)(F)F)c1. The second-order valence-corrected chi connectivity index (χ2v) is 2.36. The summed E-state index contributed by atoms with van der Waals surface area (Å²) in [7, 11) is 0. The number of nitrogen functional groups attached to an aromatic ring is 1. The molecular weight excluding hydrogens is 183 g/mol. The normalized spacial score (nSPS) is 11.3. The fourth-order valence-corrected chi connectivity index (χ4v) is 0.768. The zero-order valence-electron chi connectivity index (χ0n) is 6.35. The van der Waals surface area contributed by atoms with Gasteiger partial charge in [0.05, 0.1) is 0 Å². The number of benzene rings is 1. The number of rotatable bonds is 1. The van der Waals surface area contributed by atoms with Gasteiger partial charge in [0.25, 0.3) is 5.78 Å². The number of halogens is 3. The zero-order chi connectivity index (χ0) is 10.1. The lowest BCUT2D eigenvalue weighted by molar-refractivity contribution is -0.0885. The van der Waals surface area contributed by atoms with Gasteiger partial charge in [-0.3, -0.25) is 4.79 Å². The predicted octanol–water partition coefficient (Wildman–Crippen LogP) is 1.81. The highest BCUT2D eigenvalue weighted by atomic mass is 19.4. The third-order valence-electron chi connectivity index (χ3n) is 1.33. The van der Waals surface area contributed by atoms with Gasteiger partial charge >= 0.3 is 6.18 Å². The Kier molecular flexibility index (Phi) is 2.27. The molecule has 0 saturated carbocycles. The molecule has 0 bridgehead atoms. The Labute approximate surface area is 72.2 Å². The summed E-state index contributed by atoms with van der Waals surface area (Å²) in [4.78, 5) is 10.6. The van der Waals surface area contributed by atoms with E-state index < -0.39 is 17.5 Å². The molecule has 5 heteroatoms. The van der Waals surface area contributed by atoms with Crippen LogP contribution in [0.5, 0.6) is 0 Å². The number of nitrogens with two attached hydrogens (primary N) is 1. The maximum Gasteiger partial charge on any atom is 0.454 e. The number of ketones is 1. The molecule has 0 aromatic heterocycles. The molecule has 0 spiro atoms. The van der Waals surface area contributed by atoms with Gasteiger partial charge in [0, 0.05) is 11.3 Å². The lowest BCUT2D eigenvalue weighted by Gasteiger charge is -2.04. The largest absolute Gasteiger partial charge is 0.454 e. The summed E-state index contributed by atoms with van der Waals surface area (Å²) in [6.45, 7) is 0. The van der Waals surface area contributed by atoms with Gasteiger partial charge in [-0.1, -0.05) is 6.07 Å². The van der Waals surface area contributed by atoms with Crippen LogP contribution in [0.15, 0.2) is 18.2 Å². The minimum atomic E-state index is -4.87. The van der Waals surface area contributed by atoms with Crippen molar-refractivity contribution < 1.29 is 18.0 Å². The van der Waals surface area contributed by atoms with Crippen molar-refractivity contribution >= 4 is 11.5 Å². The third-order valence-corrected chi connectivity index (χ3v) is 1.33. The quantitative estimate of drug-likeness (QED) is 0.539. The van der Waals surface area contributed by atoms with Crippen LogP contribution in [0.1, 0.15) is 10.4 Å². The van der Waals surface area contributed by atoms with Crippen molar-refractivity contribution in [2.45, 2.75) is 6.18 Å². The highest BCUT2D eigenvalue weighted by Crippen LogP contribution is 2.21. The number of hydrogen-bond donors (Lipinski definition) is 1. The standard InChI is InChI=1S/C8H5F3NO/c9-8(10,11)7(13)5-2-1-3-6(12)4-5/h1,3-4H,12H2. The molecule has 0 aliphatic rings. The molecule has 1 aromatic carbocycles. The smallest absolute Gasteiger partial charge is 0.399 e. The number of anilines is 1. The van der Waals surface area contributed by atoms with Gasteiger partial charge < -0.3 is 5.73 Å². The molecule has 1 rings (SSSR count). The summed E-state index contributed by atoms with van der Waals surface area (Å²) in [6.07, 6.45) is -4.87. The Hall–Kier alpha value is -1.52. The van der Waals surface area contributed by atoms with Gasteiger partial charge in [0.15, 0.2) is 0 Å². The monoisotopic (exact) mass is 188 g/mol. The van der Waals surface area contributed by atoms with E-state index in [4.69, 9.17) is 5.73 Å². The number of hydrogen-bond acceptors (Lipinski definition) is 2. The van der Waals surface area contributed by atoms with Gasteiger partial charge in [-0.2, -0.15) is 13.2 Å². The van der Waals surface area contributed by atoms with E-state index in [1.807, 2.05) is 0 Å². The van der Waals surface area contributed by atoms with Crippen molar-refractivity contribution in [1.29, 1.82) is 0 Å². The predicted molar refractivity (Wildman–Crippen MR) is 40.1 cm³/mol. The first kappa shape index (κ1) is 9.57. The van der Waals surface area contributed by atoms with Gasteiger partial charge in [-0.25, -0.2) is 0 Å². The summed E-state index contributed by atoms with van der Waals surface area (Å²) in [5.74, 6) is -1.93. The van der Waals surface area contributed by atoms with Crippen molar-refractivity contribution in [3.8, 4) is 0 Å². The van der Waals surface area contributed by atoms with E-state index in [0.717, 1.165) is 6.07 Å². The summed E-state index contributed by atoms with van der Waals surface area (Å²) in [6, 6.07) is 5.64. The molecule has 1 aromatic rings. The Morgan fingerprint density at radius 2 is 2.08 bits per heavy atom. The second-order valence-electron chi connectivity index (χ2n) is 2.36. The zero-order valence-corrected chi connectivity index (χ0v) is 6.35. The summed E-state index contributed by atoms with van der Waals surface area (Å²) < 4.78 is 35.6. The Morgan fingerprint density at radius 3 is 2.54 bits per heavy atom. The van der Waals surface area contributed by atoms with E-state index >= 15 is 0 Å². The molecule has 1 radical (unpaired) electrons. The highest BCUT2D eigenvalue weighted by molar-refractivity contribution is 6.00. The first-order chi connectivity index (χ1) is 5.91. The Balaban J connectivity index is 3.03. The van der Waals surface area contributed by atoms with Crippen molar-refractivity contribution in [3.05, 3.63) is 29.8 Å². The van der Waals surface area contributed by atoms with Crippen molar-refractivity contribution in [3.63, 3.8) is 0 Å². The number of alkyl halides is 3. The first-order valence-corrected chi connectivity index (χ1v) is 3.30. The third kappa shape index (κ3) is 2.21. The van der Waals surface area contributed by atoms with E-state index in [1.165, 1.54) is 12.1 Å². The van der Waals surface area contributed by atoms with E-state index in [1.54, 1.807) is 0 Å². The molecule has 13 heavy (non-hydrogen) atoms. The van der Waals surface area contributed by atoms with E-state index in [-0.39, 0.29) is 5.69 Å². The fraction of sp³-hybridized carbons (Fsp3) is 0.125. The van der Waals surface area contributed by atoms with E-state index in [9.17, 15) is 18.0 Å². The lowest BCUT2D eigenvalue weighted by atomic mass is 10.1. The Morgan fingerprint density at radius 1 is 1.46 bits per heavy atom. The number of carbonyl (C=O) groups excluding carboxylic acids is 1. The average Bonchev–Trinajstić information content (AvgIpc) is 2.01. The number of carbonyl (C=O) groups is 1. The average molecular weight is 188 g/mol. The van der Waals surface area contributed by atoms with Gasteiger partial charge in [0.1, 0.15) is 0 Å². The van der Waals surface area contributed by atoms with Gasteiger partial charge in [-0.05, 0) is 18.2 Å². The molecular formula is C8H5F3NO. The molecule has 0 heterocycles. The molecule has 0 aliphatic carbocycles. The van der Waals surface area contributed by atoms with Crippen LogP contribution in [-0.4, -0.2) is 12.0 Å². The molecule has 69 valence electrons. The first-order valence-electron chi connectivity index (χ1n) is 3.30. The molecule has 0 fully saturated rings. The second kappa shape index (κ2) is 3.08. The highest BCUT2D eigenvalue weighted by Gasteiger charge is 2.39. The molecule has 2 nitrogen and oxygen atoms in total. The van der Waals surface area contributed by atoms with Crippen LogP contribution < -0.4 is 5.73 Å². The van der Waals surface area contributed by atoms with Crippen LogP contribution in [0.2, 0.25) is 0 Å². The molecule has 0 amide bonds. The van der Waals surface area contributed by atoms with Crippen molar-refractivity contribution in [2.24, 2.45) is 0 Å². The Bertz CT molecular complexity index is 332. The summed E-state index contributed by atoms with van der Waals surface area (Å²) in [5, 5.41) is 0. The molecule has 0 saturated heterocycles. The maximum atomic E-state index is 11.9. The fourth-order valence-electron chi connectivity index (χ4n) is 0.768. The molecule has 2 N–H and O–H groups in total. The van der Waals surface area contributed by atoms with Crippen LogP contribution in [-0.2, 0) is 0 Å². The van der Waals surface area contributed by atoms with Crippen molar-refractivity contribution in [1.82, 2.24) is 0 Å². The molecule has 0 aliphatic heterocycles. The van der Waals surface area contributed by atoms with Crippen molar-refractivity contribution in [2.75, 3.05) is 5.73 Å². The minimum absolute atomic E-state index is 0.103. The number of Topliss-reactive ketones (excluding diaryl/α,β-unsaturated/α-hetero) is 1. The van der Waals surface area contributed by atoms with E-state index in [0.29, 0.717) is 0 Å². The van der Waals surface area contributed by atoms with Crippen LogP contribution in [0.25, 0.3) is 0 Å². The van der Waals surface area contributed by atoms with Crippen LogP contribution >= 0.6 is 0 Å². The van der Waals surface area contributed by atoms with E-state index in [2.05, 4.69) is 6.07 Å². The summed E-state index contributed by atoms with van der Waals surface area (Å²) >= 11 is 0. The molecule has 0 unspecified atom stereocenters. The minimum Gasteiger partial charge on any atom is -0.399 e. The molecule has 0 atom stereocenters. The van der Waals surface area contributed by atoms with Crippen LogP contribution in [0.3, 0.4) is 0 Å². The van der Waals surface area contributed by atoms with Crippen LogP contribution in [0.4, 0.5) is 18.9 Å². The topological polar surface area (TPSA) is 43.1 Å².